The van der Waals surface area contributed by atoms with Crippen molar-refractivity contribution in [2.24, 2.45) is 0 Å². The number of aliphatic hydroxyl groups excluding tert-OH is 1. The van der Waals surface area contributed by atoms with Crippen LogP contribution in [0.2, 0.25) is 0 Å². The number of phenols is 1. The summed E-state index contributed by atoms with van der Waals surface area (Å²) in [7, 11) is 1.55. The smallest absolute Gasteiger partial charge is 0.333 e. The number of benzene rings is 3. The van der Waals surface area contributed by atoms with Crippen LogP contribution >= 0.6 is 11.8 Å². The molecule has 9 atom stereocenters. The zero-order chi connectivity index (χ0) is 40.2. The number of nitrogens with one attached hydrogen (secondary N) is 2. The van der Waals surface area contributed by atoms with Crippen molar-refractivity contribution in [3.05, 3.63) is 75.0 Å². The van der Waals surface area contributed by atoms with Gasteiger partial charge in [-0.2, -0.15) is 5.26 Å². The van der Waals surface area contributed by atoms with Crippen molar-refractivity contribution in [3.63, 3.8) is 0 Å². The lowest BCUT2D eigenvalue weighted by Gasteiger charge is -2.66. The summed E-state index contributed by atoms with van der Waals surface area (Å²) in [5.41, 5.74) is 5.11. The van der Waals surface area contributed by atoms with Crippen LogP contribution in [0.1, 0.15) is 82.2 Å². The lowest BCUT2D eigenvalue weighted by atomic mass is 9.70. The number of aliphatic hydroxyl groups is 1. The van der Waals surface area contributed by atoms with Crippen LogP contribution in [0.3, 0.4) is 0 Å². The number of methoxy groups -OCH3 is 1. The molecule has 14 nitrogen and oxygen atoms in total. The zero-order valence-electron chi connectivity index (χ0n) is 32.7. The number of carbonyl (C=O) groups is 2. The highest BCUT2D eigenvalue weighted by atomic mass is 32.2. The summed E-state index contributed by atoms with van der Waals surface area (Å²) in [5.74, 6) is 0.838. The van der Waals surface area contributed by atoms with Gasteiger partial charge in [0.1, 0.15) is 18.4 Å². The maximum absolute atomic E-state index is 15.1. The average Bonchev–Trinajstić information content (AvgIpc) is 3.90. The van der Waals surface area contributed by atoms with Gasteiger partial charge < -0.3 is 38.9 Å². The minimum Gasteiger partial charge on any atom is -0.504 e. The number of nitrogens with zero attached hydrogens (tertiary/aromatic N) is 3. The Morgan fingerprint density at radius 3 is 2.69 bits per heavy atom. The van der Waals surface area contributed by atoms with Gasteiger partial charge in [-0.25, -0.2) is 4.79 Å². The summed E-state index contributed by atoms with van der Waals surface area (Å²) < 4.78 is 30.9. The molecule has 1 spiro atoms. The van der Waals surface area contributed by atoms with E-state index in [4.69, 9.17) is 23.7 Å². The quantitative estimate of drug-likeness (QED) is 0.167. The first kappa shape index (κ1) is 36.1. The molecule has 4 N–H and O–H groups in total. The van der Waals surface area contributed by atoms with Crippen molar-refractivity contribution >= 4 is 34.6 Å². The van der Waals surface area contributed by atoms with E-state index in [2.05, 4.69) is 39.2 Å². The maximum Gasteiger partial charge on any atom is 0.333 e. The van der Waals surface area contributed by atoms with E-state index in [9.17, 15) is 20.3 Å². The molecule has 58 heavy (non-hydrogen) atoms. The number of fused-ring (bicyclic) bond motifs is 10. The van der Waals surface area contributed by atoms with Gasteiger partial charge in [-0.05, 0) is 62.4 Å². The van der Waals surface area contributed by atoms with Gasteiger partial charge in [0.25, 0.3) is 0 Å². The lowest BCUT2D eigenvalue weighted by molar-refractivity contribution is -0.187. The molecule has 15 heteroatoms. The van der Waals surface area contributed by atoms with Crippen molar-refractivity contribution in [2.75, 3.05) is 32.9 Å². The van der Waals surface area contributed by atoms with Crippen molar-refractivity contribution in [1.82, 2.24) is 20.1 Å². The van der Waals surface area contributed by atoms with E-state index >= 15 is 4.79 Å². The first-order valence-electron chi connectivity index (χ1n) is 19.8. The van der Waals surface area contributed by atoms with E-state index in [0.29, 0.717) is 58.2 Å². The van der Waals surface area contributed by atoms with Crippen LogP contribution < -0.4 is 24.3 Å². The fourth-order valence-corrected chi connectivity index (χ4v) is 13.5. The van der Waals surface area contributed by atoms with E-state index < -0.39 is 58.5 Å². The molecule has 0 radical (unpaired) electrons. The van der Waals surface area contributed by atoms with Crippen LogP contribution in [-0.2, 0) is 31.8 Å². The molecular weight excluding hydrogens is 763 g/mol. The molecule has 3 aromatic carbocycles. The molecule has 300 valence electrons. The van der Waals surface area contributed by atoms with Crippen molar-refractivity contribution < 1.29 is 43.5 Å². The molecule has 4 aromatic rings. The molecule has 0 saturated carbocycles. The third kappa shape index (κ3) is 4.36. The molecule has 1 unspecified atom stereocenters. The number of aromatic nitrogens is 1. The number of H-pyrrole nitrogens is 1. The van der Waals surface area contributed by atoms with E-state index in [-0.39, 0.29) is 37.6 Å². The van der Waals surface area contributed by atoms with E-state index in [1.54, 1.807) is 7.11 Å². The highest BCUT2D eigenvalue weighted by molar-refractivity contribution is 7.99. The van der Waals surface area contributed by atoms with E-state index in [1.165, 1.54) is 18.7 Å². The maximum atomic E-state index is 15.1. The topological polar surface area (TPSA) is 179 Å². The highest BCUT2D eigenvalue weighted by Crippen LogP contribution is 2.71. The predicted molar refractivity (Wildman–Crippen MR) is 210 cm³/mol. The van der Waals surface area contributed by atoms with Crippen LogP contribution in [0.4, 0.5) is 0 Å². The number of ether oxygens (including phenoxy) is 5. The number of hydrogen-bond donors (Lipinski definition) is 4. The number of hydrogen-bond acceptors (Lipinski definition) is 14. The second-order valence-electron chi connectivity index (χ2n) is 16.9. The van der Waals surface area contributed by atoms with Gasteiger partial charge >= 0.3 is 11.9 Å². The van der Waals surface area contributed by atoms with Crippen LogP contribution in [0.5, 0.6) is 28.7 Å². The van der Waals surface area contributed by atoms with Crippen LogP contribution in [-0.4, -0.2) is 94.0 Å². The average molecular weight is 806 g/mol. The Morgan fingerprint density at radius 2 is 1.93 bits per heavy atom. The van der Waals surface area contributed by atoms with Crippen LogP contribution in [0.25, 0.3) is 10.9 Å². The Hall–Kier alpha value is -4.98. The number of aryl methyl sites for hydroxylation is 1. The fourth-order valence-electron chi connectivity index (χ4n) is 11.9. The second kappa shape index (κ2) is 12.3. The number of para-hydroxylation sites is 1. The van der Waals surface area contributed by atoms with Gasteiger partial charge in [0.05, 0.1) is 42.8 Å². The Morgan fingerprint density at radius 1 is 1.14 bits per heavy atom. The van der Waals surface area contributed by atoms with Crippen LogP contribution in [0.15, 0.2) is 30.3 Å². The normalized spacial score (nSPS) is 32.6. The Balaban J connectivity index is 1.19. The number of nitriles is 1. The summed E-state index contributed by atoms with van der Waals surface area (Å²) in [4.78, 5) is 36.3. The van der Waals surface area contributed by atoms with Gasteiger partial charge in [0, 0.05) is 69.5 Å². The number of piperazine rings is 1. The van der Waals surface area contributed by atoms with E-state index in [1.807, 2.05) is 38.1 Å². The summed E-state index contributed by atoms with van der Waals surface area (Å²) in [6.07, 6.45) is 1.17. The third-order valence-corrected chi connectivity index (χ3v) is 15.5. The lowest BCUT2D eigenvalue weighted by Crippen LogP contribution is -2.75. The van der Waals surface area contributed by atoms with Crippen molar-refractivity contribution in [1.29, 1.82) is 5.26 Å². The molecule has 8 aliphatic heterocycles. The molecule has 12 rings (SSSR count). The highest BCUT2D eigenvalue weighted by Gasteiger charge is 2.71. The van der Waals surface area contributed by atoms with Gasteiger partial charge in [-0.3, -0.25) is 19.9 Å². The molecule has 2 bridgehead atoms. The molecule has 0 aliphatic carbocycles. The molecule has 8 aliphatic rings. The Bertz CT molecular complexity index is 2550. The first-order chi connectivity index (χ1) is 28.0. The standard InChI is InChI=1S/C43H43N5O9S/c1-18-10-24-29(34(51)35(18)53-5)32-33-39-31-30(38-37(55-17-56-38)19(2)36(31)57-20(3)50)28(47(33)27(13-44)26-12-42(24,4)48(26)32)15-54-41(52)43(16-58-39)40-23(11-21(14-49)46-43)22-8-6-7-9-25(22)45-40/h6-10,21,26-28,32-33,39,45-46,49,51H,11-12,14-17H2,1-5H3/t21-,26+,27-,28-,32+,33?,39+,42+,43+/m0/s1. The summed E-state index contributed by atoms with van der Waals surface area (Å²) >= 11 is 1.50. The van der Waals surface area contributed by atoms with Gasteiger partial charge in [0.15, 0.2) is 28.5 Å². The first-order valence-corrected chi connectivity index (χ1v) is 20.8. The van der Waals surface area contributed by atoms with Crippen molar-refractivity contribution in [2.45, 2.75) is 93.1 Å². The van der Waals surface area contributed by atoms with Gasteiger partial charge in [-0.15, -0.1) is 11.8 Å². The number of rotatable bonds is 3. The van der Waals surface area contributed by atoms with Gasteiger partial charge in [0.2, 0.25) is 6.79 Å². The Labute approximate surface area is 338 Å². The Kier molecular flexibility index (Phi) is 7.65. The summed E-state index contributed by atoms with van der Waals surface area (Å²) in [6.45, 7) is 6.88. The predicted octanol–water partition coefficient (Wildman–Crippen LogP) is 4.56. The van der Waals surface area contributed by atoms with Gasteiger partial charge in [-0.1, -0.05) is 18.2 Å². The number of carbonyl (C=O) groups excluding carboxylic acids is 2. The molecule has 3 saturated heterocycles. The minimum atomic E-state index is -1.42. The molecule has 9 heterocycles. The summed E-state index contributed by atoms with van der Waals surface area (Å²) in [5, 5.41) is 38.1. The summed E-state index contributed by atoms with van der Waals surface area (Å²) in [6, 6.07) is 9.66. The third-order valence-electron chi connectivity index (χ3n) is 14.0. The second-order valence-corrected chi connectivity index (χ2v) is 18.0. The fraction of sp³-hybridized carbons (Fsp3) is 0.465. The molecule has 3 fully saturated rings. The number of phenolic OH excluding ortho intramolecular Hbond substituents is 1. The zero-order valence-corrected chi connectivity index (χ0v) is 33.5. The number of esters is 2. The number of aromatic amines is 1. The molecule has 1 aromatic heterocycles. The molecular formula is C43H43N5O9S. The van der Waals surface area contributed by atoms with E-state index in [0.717, 1.165) is 33.2 Å². The largest absolute Gasteiger partial charge is 0.504 e. The monoisotopic (exact) mass is 805 g/mol. The number of thioether (sulfide) groups is 1. The van der Waals surface area contributed by atoms with Crippen molar-refractivity contribution in [3.8, 4) is 34.8 Å². The SMILES string of the molecule is COc1c(C)cc2c(c1O)[C@@H]1C3[C@@H]4SC[C@]5(N[C@H](CO)Cc6c5[nH]c5ccccc65)C(=O)OC[C@@H](c5c6c(c(C)c(OC(C)=O)c54)OCO6)N3[C@@H](C#N)[C@H]3C[C@@]2(C)N13. The minimum absolute atomic E-state index is 0.0575. The number of aromatic hydroxyl groups is 1. The molecule has 0 amide bonds. The van der Waals surface area contributed by atoms with Crippen LogP contribution in [0, 0.1) is 25.2 Å².